The van der Waals surface area contributed by atoms with Crippen LogP contribution in [0.3, 0.4) is 0 Å². The van der Waals surface area contributed by atoms with E-state index in [0.717, 1.165) is 6.54 Å². The van der Waals surface area contributed by atoms with E-state index in [-0.39, 0.29) is 18.5 Å². The highest BCUT2D eigenvalue weighted by Crippen LogP contribution is 2.07. The Morgan fingerprint density at radius 3 is 2.60 bits per heavy atom. The minimum Gasteiger partial charge on any atom is -0.318 e. The molecule has 0 aromatic carbocycles. The first-order valence-electron chi connectivity index (χ1n) is 2.93. The van der Waals surface area contributed by atoms with E-state index < -0.39 is 6.61 Å². The number of hydrogen-bond donors (Lipinski definition) is 1. The average molecular weight is 174 g/mol. The SMILES string of the molecule is Cl.FC(F)O[C@@H]1CCNC1. The van der Waals surface area contributed by atoms with Gasteiger partial charge >= 0.3 is 6.61 Å². The van der Waals surface area contributed by atoms with Crippen molar-refractivity contribution in [3.8, 4) is 0 Å². The molecular weight excluding hydrogens is 164 g/mol. The monoisotopic (exact) mass is 173 g/mol. The number of ether oxygens (including phenoxy) is 1. The standard InChI is InChI=1S/C5H9F2NO.ClH/c6-5(7)9-4-1-2-8-3-4;/h4-5,8H,1-3H2;1H/t4-;/m1./s1. The van der Waals surface area contributed by atoms with E-state index in [0.29, 0.717) is 13.0 Å². The molecule has 0 saturated carbocycles. The Morgan fingerprint density at radius 2 is 2.20 bits per heavy atom. The van der Waals surface area contributed by atoms with E-state index in [4.69, 9.17) is 0 Å². The Morgan fingerprint density at radius 1 is 1.50 bits per heavy atom. The van der Waals surface area contributed by atoms with Crippen molar-refractivity contribution in [1.29, 1.82) is 0 Å². The number of nitrogens with one attached hydrogen (secondary N) is 1. The fraction of sp³-hybridized carbons (Fsp3) is 1.00. The van der Waals surface area contributed by atoms with Crippen molar-refractivity contribution >= 4 is 12.4 Å². The second-order valence-electron chi connectivity index (χ2n) is 2.01. The van der Waals surface area contributed by atoms with Gasteiger partial charge in [0.15, 0.2) is 0 Å². The summed E-state index contributed by atoms with van der Waals surface area (Å²) in [5.41, 5.74) is 0. The van der Waals surface area contributed by atoms with Crippen LogP contribution in [-0.2, 0) is 4.74 Å². The molecule has 0 unspecified atom stereocenters. The van der Waals surface area contributed by atoms with E-state index in [1.165, 1.54) is 0 Å². The Labute approximate surface area is 64.3 Å². The first kappa shape index (κ1) is 10.1. The summed E-state index contributed by atoms with van der Waals surface area (Å²) in [5.74, 6) is 0. The molecule has 0 bridgehead atoms. The molecule has 1 N–H and O–H groups in total. The zero-order chi connectivity index (χ0) is 6.69. The van der Waals surface area contributed by atoms with Gasteiger partial charge in [-0.25, -0.2) is 0 Å². The smallest absolute Gasteiger partial charge is 0.318 e. The molecule has 5 heteroatoms. The minimum absolute atomic E-state index is 0. The number of hydrogen-bond acceptors (Lipinski definition) is 2. The van der Waals surface area contributed by atoms with Gasteiger partial charge in [-0.3, -0.25) is 0 Å². The van der Waals surface area contributed by atoms with Crippen LogP contribution in [0.5, 0.6) is 0 Å². The lowest BCUT2D eigenvalue weighted by Gasteiger charge is -2.07. The minimum atomic E-state index is -2.62. The van der Waals surface area contributed by atoms with Gasteiger partial charge in [0, 0.05) is 6.54 Å². The first-order chi connectivity index (χ1) is 4.29. The van der Waals surface area contributed by atoms with Crippen molar-refractivity contribution in [2.75, 3.05) is 13.1 Å². The first-order valence-corrected chi connectivity index (χ1v) is 2.93. The molecule has 0 spiro atoms. The fourth-order valence-electron chi connectivity index (χ4n) is 0.890. The van der Waals surface area contributed by atoms with Gasteiger partial charge in [-0.05, 0) is 13.0 Å². The van der Waals surface area contributed by atoms with Gasteiger partial charge in [-0.2, -0.15) is 8.78 Å². The molecule has 0 aromatic heterocycles. The maximum absolute atomic E-state index is 11.4. The van der Waals surface area contributed by atoms with Crippen LogP contribution in [0.1, 0.15) is 6.42 Å². The van der Waals surface area contributed by atoms with Gasteiger partial charge in [-0.15, -0.1) is 12.4 Å². The van der Waals surface area contributed by atoms with E-state index in [9.17, 15) is 8.78 Å². The summed E-state index contributed by atoms with van der Waals surface area (Å²) in [7, 11) is 0. The molecule has 62 valence electrons. The summed E-state index contributed by atoms with van der Waals surface area (Å²) >= 11 is 0. The Bertz CT molecular complexity index is 87.7. The van der Waals surface area contributed by atoms with Crippen molar-refractivity contribution in [1.82, 2.24) is 5.32 Å². The highest BCUT2D eigenvalue weighted by Gasteiger charge is 2.18. The summed E-state index contributed by atoms with van der Waals surface area (Å²) in [4.78, 5) is 0. The number of halogens is 3. The molecule has 2 nitrogen and oxygen atoms in total. The van der Waals surface area contributed by atoms with Crippen LogP contribution in [0.4, 0.5) is 8.78 Å². The molecule has 0 amide bonds. The van der Waals surface area contributed by atoms with Crippen molar-refractivity contribution in [3.63, 3.8) is 0 Å². The third-order valence-corrected chi connectivity index (χ3v) is 1.31. The predicted octanol–water partition coefficient (Wildman–Crippen LogP) is 1.01. The van der Waals surface area contributed by atoms with Gasteiger partial charge in [0.1, 0.15) is 0 Å². The molecule has 0 aliphatic carbocycles. The van der Waals surface area contributed by atoms with Crippen LogP contribution in [0.2, 0.25) is 0 Å². The van der Waals surface area contributed by atoms with Crippen LogP contribution in [0.15, 0.2) is 0 Å². The van der Waals surface area contributed by atoms with Crippen molar-refractivity contribution < 1.29 is 13.5 Å². The predicted molar refractivity (Wildman–Crippen MR) is 35.6 cm³/mol. The van der Waals surface area contributed by atoms with Crippen molar-refractivity contribution in [3.05, 3.63) is 0 Å². The third-order valence-electron chi connectivity index (χ3n) is 1.31. The molecule has 1 saturated heterocycles. The maximum atomic E-state index is 11.4. The third kappa shape index (κ3) is 3.29. The normalized spacial score (nSPS) is 24.9. The molecule has 1 heterocycles. The zero-order valence-electron chi connectivity index (χ0n) is 5.35. The summed E-state index contributed by atoms with van der Waals surface area (Å²) in [5, 5.41) is 2.92. The molecule has 1 atom stereocenters. The molecule has 1 aliphatic heterocycles. The topological polar surface area (TPSA) is 21.3 Å². The maximum Gasteiger partial charge on any atom is 0.345 e. The zero-order valence-corrected chi connectivity index (χ0v) is 6.16. The summed E-state index contributed by atoms with van der Waals surface area (Å²) in [6.45, 7) is -1.27. The lowest BCUT2D eigenvalue weighted by Crippen LogP contribution is -2.19. The summed E-state index contributed by atoms with van der Waals surface area (Å²) in [6.07, 6.45) is 0.426. The second kappa shape index (κ2) is 4.82. The van der Waals surface area contributed by atoms with Gasteiger partial charge < -0.3 is 10.1 Å². The highest BCUT2D eigenvalue weighted by molar-refractivity contribution is 5.85. The lowest BCUT2D eigenvalue weighted by atomic mass is 10.3. The van der Waals surface area contributed by atoms with Crippen LogP contribution < -0.4 is 5.32 Å². The largest absolute Gasteiger partial charge is 0.345 e. The molecule has 10 heavy (non-hydrogen) atoms. The van der Waals surface area contributed by atoms with Gasteiger partial charge in [0.05, 0.1) is 6.10 Å². The van der Waals surface area contributed by atoms with E-state index in [1.54, 1.807) is 0 Å². The van der Waals surface area contributed by atoms with Crippen molar-refractivity contribution in [2.24, 2.45) is 0 Å². The van der Waals surface area contributed by atoms with Crippen molar-refractivity contribution in [2.45, 2.75) is 19.1 Å². The number of alkyl halides is 2. The van der Waals surface area contributed by atoms with Crippen LogP contribution >= 0.6 is 12.4 Å². The molecule has 1 rings (SSSR count). The van der Waals surface area contributed by atoms with Gasteiger partial charge in [-0.1, -0.05) is 0 Å². The van der Waals surface area contributed by atoms with E-state index in [2.05, 4.69) is 10.1 Å². The number of rotatable bonds is 2. The van der Waals surface area contributed by atoms with E-state index in [1.807, 2.05) is 0 Å². The lowest BCUT2D eigenvalue weighted by molar-refractivity contribution is -0.156. The quantitative estimate of drug-likeness (QED) is 0.673. The fourth-order valence-corrected chi connectivity index (χ4v) is 0.890. The molecule has 1 fully saturated rings. The molecule has 0 aromatic rings. The average Bonchev–Trinajstić information content (AvgIpc) is 2.15. The summed E-state index contributed by atoms with van der Waals surface area (Å²) < 4.78 is 27.1. The van der Waals surface area contributed by atoms with Gasteiger partial charge in [0.25, 0.3) is 0 Å². The Kier molecular flexibility index (Phi) is 4.85. The molecule has 0 radical (unpaired) electrons. The van der Waals surface area contributed by atoms with Crippen LogP contribution in [0.25, 0.3) is 0 Å². The highest BCUT2D eigenvalue weighted by atomic mass is 35.5. The Hall–Kier alpha value is 0.0700. The van der Waals surface area contributed by atoms with Gasteiger partial charge in [0.2, 0.25) is 0 Å². The van der Waals surface area contributed by atoms with Crippen LogP contribution in [0, 0.1) is 0 Å². The summed E-state index contributed by atoms with van der Waals surface area (Å²) in [6, 6.07) is 0. The molecule has 1 aliphatic rings. The molecular formula is C5H10ClF2NO. The second-order valence-corrected chi connectivity index (χ2v) is 2.01. The van der Waals surface area contributed by atoms with E-state index >= 15 is 0 Å². The van der Waals surface area contributed by atoms with Crippen LogP contribution in [-0.4, -0.2) is 25.8 Å². The Balaban J connectivity index is 0.000000810.